The van der Waals surface area contributed by atoms with Crippen molar-refractivity contribution in [1.82, 2.24) is 10.6 Å². The van der Waals surface area contributed by atoms with Gasteiger partial charge in [-0.1, -0.05) is 37.6 Å². The number of benzene rings is 1. The fourth-order valence-electron chi connectivity index (χ4n) is 2.16. The number of rotatable bonds is 9. The molecule has 5 heteroatoms. The van der Waals surface area contributed by atoms with Crippen molar-refractivity contribution in [1.29, 1.82) is 0 Å². The summed E-state index contributed by atoms with van der Waals surface area (Å²) >= 11 is 0. The second-order valence-corrected chi connectivity index (χ2v) is 5.87. The van der Waals surface area contributed by atoms with E-state index in [-0.39, 0.29) is 43.0 Å². The van der Waals surface area contributed by atoms with Crippen LogP contribution in [0.4, 0.5) is 0 Å². The topological polar surface area (TPSA) is 75.3 Å². The predicted octanol–water partition coefficient (Wildman–Crippen LogP) is 2.24. The van der Waals surface area contributed by atoms with Crippen LogP contribution in [0.3, 0.4) is 0 Å². The maximum Gasteiger partial charge on any atom is 0.239 e. The number of hydrogen-bond acceptors (Lipinski definition) is 3. The van der Waals surface area contributed by atoms with E-state index < -0.39 is 0 Å². The molecule has 0 atom stereocenters. The van der Waals surface area contributed by atoms with Gasteiger partial charge in [-0.2, -0.15) is 0 Å². The lowest BCUT2D eigenvalue weighted by Crippen LogP contribution is -2.39. The molecule has 1 aromatic rings. The van der Waals surface area contributed by atoms with Gasteiger partial charge in [0, 0.05) is 24.4 Å². The Bertz CT molecular complexity index is 536. The Labute approximate surface area is 137 Å². The number of ketones is 1. The maximum absolute atomic E-state index is 12.0. The molecule has 23 heavy (non-hydrogen) atoms. The van der Waals surface area contributed by atoms with Crippen LogP contribution >= 0.6 is 0 Å². The van der Waals surface area contributed by atoms with Crippen LogP contribution in [0.15, 0.2) is 24.3 Å². The van der Waals surface area contributed by atoms with Gasteiger partial charge in [0.05, 0.1) is 6.54 Å². The molecule has 0 spiro atoms. The largest absolute Gasteiger partial charge is 0.352 e. The van der Waals surface area contributed by atoms with Gasteiger partial charge in [0.2, 0.25) is 11.8 Å². The van der Waals surface area contributed by atoms with Crippen LogP contribution in [0.5, 0.6) is 0 Å². The molecule has 126 valence electrons. The fourth-order valence-corrected chi connectivity index (χ4v) is 2.16. The molecule has 0 aliphatic rings. The highest BCUT2D eigenvalue weighted by atomic mass is 16.2. The average Bonchev–Trinajstić information content (AvgIpc) is 2.51. The summed E-state index contributed by atoms with van der Waals surface area (Å²) in [5.41, 5.74) is 1.83. The van der Waals surface area contributed by atoms with E-state index in [0.717, 1.165) is 12.8 Å². The first-order chi connectivity index (χ1) is 10.9. The van der Waals surface area contributed by atoms with Gasteiger partial charge in [0.25, 0.3) is 0 Å². The number of carbonyl (C=O) groups is 3. The Morgan fingerprint density at radius 3 is 2.22 bits per heavy atom. The minimum Gasteiger partial charge on any atom is -0.352 e. The van der Waals surface area contributed by atoms with Gasteiger partial charge in [-0.15, -0.1) is 0 Å². The zero-order chi connectivity index (χ0) is 17.2. The molecule has 0 aliphatic heterocycles. The van der Waals surface area contributed by atoms with E-state index in [1.165, 1.54) is 5.56 Å². The third-order valence-electron chi connectivity index (χ3n) is 3.29. The van der Waals surface area contributed by atoms with Crippen molar-refractivity contribution in [2.24, 2.45) is 0 Å². The first kappa shape index (κ1) is 18.9. The molecular formula is C18H26N2O3. The Balaban J connectivity index is 2.34. The molecule has 0 bridgehead atoms. The number of Topliss-reactive ketones (excluding diaryl/α,β-unsaturated/α-hetero) is 1. The van der Waals surface area contributed by atoms with Gasteiger partial charge < -0.3 is 10.6 Å². The zero-order valence-electron chi connectivity index (χ0n) is 14.1. The van der Waals surface area contributed by atoms with E-state index >= 15 is 0 Å². The molecule has 0 saturated heterocycles. The highest BCUT2D eigenvalue weighted by Crippen LogP contribution is 2.09. The third kappa shape index (κ3) is 7.58. The first-order valence-electron chi connectivity index (χ1n) is 8.10. The van der Waals surface area contributed by atoms with Crippen LogP contribution in [0, 0.1) is 0 Å². The van der Waals surface area contributed by atoms with Crippen molar-refractivity contribution in [2.45, 2.75) is 52.5 Å². The number of nitrogens with one attached hydrogen (secondary N) is 2. The quantitative estimate of drug-likeness (QED) is 0.686. The van der Waals surface area contributed by atoms with Gasteiger partial charge in [0.15, 0.2) is 5.78 Å². The molecule has 2 N–H and O–H groups in total. The number of amides is 2. The van der Waals surface area contributed by atoms with Crippen molar-refractivity contribution in [3.05, 3.63) is 35.4 Å². The molecule has 1 aromatic carbocycles. The van der Waals surface area contributed by atoms with Crippen LogP contribution < -0.4 is 10.6 Å². The molecule has 2 amide bonds. The van der Waals surface area contributed by atoms with Crippen molar-refractivity contribution in [3.8, 4) is 0 Å². The van der Waals surface area contributed by atoms with Gasteiger partial charge in [-0.05, 0) is 25.8 Å². The van der Waals surface area contributed by atoms with E-state index in [1.807, 2.05) is 26.0 Å². The highest BCUT2D eigenvalue weighted by molar-refractivity contribution is 5.98. The normalized spacial score (nSPS) is 10.4. The fraction of sp³-hybridized carbons (Fsp3) is 0.500. The van der Waals surface area contributed by atoms with Gasteiger partial charge in [-0.25, -0.2) is 0 Å². The minimum atomic E-state index is -0.292. The average molecular weight is 318 g/mol. The van der Waals surface area contributed by atoms with Crippen LogP contribution in [0.2, 0.25) is 0 Å². The van der Waals surface area contributed by atoms with E-state index in [2.05, 4.69) is 17.6 Å². The van der Waals surface area contributed by atoms with Crippen LogP contribution in [-0.4, -0.2) is 30.2 Å². The lowest BCUT2D eigenvalue weighted by Gasteiger charge is -2.09. The van der Waals surface area contributed by atoms with Crippen LogP contribution in [0.1, 0.15) is 56.0 Å². The standard InChI is InChI=1S/C18H26N2O3/c1-4-5-14-6-8-15(9-7-14)16(21)10-11-17(22)19-12-18(23)20-13(2)3/h6-9,13H,4-5,10-12H2,1-3H3,(H,19,22)(H,20,23). The van der Waals surface area contributed by atoms with E-state index in [9.17, 15) is 14.4 Å². The predicted molar refractivity (Wildman–Crippen MR) is 90.3 cm³/mol. The van der Waals surface area contributed by atoms with Crippen molar-refractivity contribution in [2.75, 3.05) is 6.54 Å². The Hall–Kier alpha value is -2.17. The summed E-state index contributed by atoms with van der Waals surface area (Å²) in [6.07, 6.45) is 2.29. The molecule has 5 nitrogen and oxygen atoms in total. The summed E-state index contributed by atoms with van der Waals surface area (Å²) in [5.74, 6) is -0.583. The minimum absolute atomic E-state index is 0.0386. The lowest BCUT2D eigenvalue weighted by molar-refractivity contribution is -0.126. The molecule has 0 aromatic heterocycles. The smallest absolute Gasteiger partial charge is 0.239 e. The molecule has 0 heterocycles. The third-order valence-corrected chi connectivity index (χ3v) is 3.29. The van der Waals surface area contributed by atoms with Crippen molar-refractivity contribution < 1.29 is 14.4 Å². The second kappa shape index (κ2) is 9.77. The monoisotopic (exact) mass is 318 g/mol. The molecular weight excluding hydrogens is 292 g/mol. The Morgan fingerprint density at radius 1 is 1.00 bits per heavy atom. The molecule has 0 aliphatic carbocycles. The summed E-state index contributed by atoms with van der Waals surface area (Å²) in [6.45, 7) is 5.75. The summed E-state index contributed by atoms with van der Waals surface area (Å²) in [4.78, 5) is 35.1. The van der Waals surface area contributed by atoms with E-state index in [4.69, 9.17) is 0 Å². The maximum atomic E-state index is 12.0. The Kier molecular flexibility index (Phi) is 8.02. The molecule has 0 radical (unpaired) electrons. The van der Waals surface area contributed by atoms with Crippen LogP contribution in [0.25, 0.3) is 0 Å². The first-order valence-corrected chi connectivity index (χ1v) is 8.10. The van der Waals surface area contributed by atoms with Crippen molar-refractivity contribution in [3.63, 3.8) is 0 Å². The lowest BCUT2D eigenvalue weighted by atomic mass is 10.0. The molecule has 0 fully saturated rings. The molecule has 0 saturated carbocycles. The summed E-state index contributed by atoms with van der Waals surface area (Å²) in [5, 5.41) is 5.20. The van der Waals surface area contributed by atoms with Gasteiger partial charge in [-0.3, -0.25) is 14.4 Å². The van der Waals surface area contributed by atoms with Crippen LogP contribution in [-0.2, 0) is 16.0 Å². The SMILES string of the molecule is CCCc1ccc(C(=O)CCC(=O)NCC(=O)NC(C)C)cc1. The number of aryl methyl sites for hydroxylation is 1. The Morgan fingerprint density at radius 2 is 1.65 bits per heavy atom. The van der Waals surface area contributed by atoms with Crippen molar-refractivity contribution >= 4 is 17.6 Å². The second-order valence-electron chi connectivity index (χ2n) is 5.87. The highest BCUT2D eigenvalue weighted by Gasteiger charge is 2.11. The summed E-state index contributed by atoms with van der Waals surface area (Å²) in [6, 6.07) is 7.56. The molecule has 0 unspecified atom stereocenters. The zero-order valence-corrected chi connectivity index (χ0v) is 14.1. The summed E-state index contributed by atoms with van der Waals surface area (Å²) in [7, 11) is 0. The summed E-state index contributed by atoms with van der Waals surface area (Å²) < 4.78 is 0. The van der Waals surface area contributed by atoms with E-state index in [0.29, 0.717) is 5.56 Å². The number of hydrogen-bond donors (Lipinski definition) is 2. The van der Waals surface area contributed by atoms with E-state index in [1.54, 1.807) is 12.1 Å². The molecule has 1 rings (SSSR count). The van der Waals surface area contributed by atoms with Gasteiger partial charge in [0.1, 0.15) is 0 Å². The van der Waals surface area contributed by atoms with Gasteiger partial charge >= 0.3 is 0 Å². The number of carbonyl (C=O) groups excluding carboxylic acids is 3.